The molecule has 0 saturated carbocycles. The number of para-hydroxylation sites is 1. The lowest BCUT2D eigenvalue weighted by molar-refractivity contribution is -0.384. The summed E-state index contributed by atoms with van der Waals surface area (Å²) < 4.78 is 7.85. The van der Waals surface area contributed by atoms with Crippen LogP contribution in [0.4, 0.5) is 11.4 Å². The summed E-state index contributed by atoms with van der Waals surface area (Å²) in [5, 5.41) is 13.8. The molecular formula is C29H24N4O5S. The van der Waals surface area contributed by atoms with Crippen molar-refractivity contribution in [2.24, 2.45) is 4.99 Å². The van der Waals surface area contributed by atoms with E-state index in [-0.39, 0.29) is 17.2 Å². The van der Waals surface area contributed by atoms with Crippen LogP contribution in [0.5, 0.6) is 0 Å². The van der Waals surface area contributed by atoms with E-state index in [4.69, 9.17) is 4.42 Å². The number of fused-ring (bicyclic) bond motifs is 1. The van der Waals surface area contributed by atoms with Gasteiger partial charge in [0.05, 0.1) is 20.7 Å². The third-order valence-corrected chi connectivity index (χ3v) is 7.33. The first-order valence-corrected chi connectivity index (χ1v) is 12.9. The number of nitrogens with zero attached hydrogens (tertiary/aromatic N) is 3. The van der Waals surface area contributed by atoms with Gasteiger partial charge in [-0.3, -0.25) is 24.3 Å². The number of benzene rings is 2. The molecule has 0 spiro atoms. The summed E-state index contributed by atoms with van der Waals surface area (Å²) in [6.07, 6.45) is 5.13. The second-order valence-electron chi connectivity index (χ2n) is 9.03. The fraction of sp³-hybridized carbons (Fsp3) is 0.138. The van der Waals surface area contributed by atoms with Crippen molar-refractivity contribution in [2.75, 3.05) is 5.32 Å². The first kappa shape index (κ1) is 25.8. The normalized spacial score (nSPS) is 15.4. The van der Waals surface area contributed by atoms with Gasteiger partial charge in [-0.2, -0.15) is 0 Å². The zero-order chi connectivity index (χ0) is 27.7. The second-order valence-corrected chi connectivity index (χ2v) is 10.0. The summed E-state index contributed by atoms with van der Waals surface area (Å²) in [4.78, 5) is 42.7. The van der Waals surface area contributed by atoms with Crippen molar-refractivity contribution in [3.63, 3.8) is 0 Å². The number of non-ortho nitro benzene ring substituents is 1. The van der Waals surface area contributed by atoms with Crippen LogP contribution in [0.3, 0.4) is 0 Å². The van der Waals surface area contributed by atoms with E-state index in [1.165, 1.54) is 28.0 Å². The molecule has 0 saturated heterocycles. The minimum atomic E-state index is -0.792. The monoisotopic (exact) mass is 540 g/mol. The fourth-order valence-electron chi connectivity index (χ4n) is 4.35. The smallest absolute Gasteiger partial charge is 0.271 e. The Hall–Kier alpha value is -4.83. The molecule has 1 aliphatic heterocycles. The van der Waals surface area contributed by atoms with Crippen molar-refractivity contribution in [1.82, 2.24) is 4.57 Å². The molecule has 0 fully saturated rings. The van der Waals surface area contributed by atoms with Crippen molar-refractivity contribution < 1.29 is 14.1 Å². The largest absolute Gasteiger partial charge is 0.464 e. The van der Waals surface area contributed by atoms with E-state index in [1.807, 2.05) is 31.2 Å². The number of allylic oxidation sites excluding steroid dienone is 2. The number of carbonyl (C=O) groups is 1. The quantitative estimate of drug-likeness (QED) is 0.282. The molecule has 0 bridgehead atoms. The maximum absolute atomic E-state index is 13.6. The number of thiazole rings is 1. The zero-order valence-electron chi connectivity index (χ0n) is 21.4. The van der Waals surface area contributed by atoms with Gasteiger partial charge in [0.1, 0.15) is 17.6 Å². The van der Waals surface area contributed by atoms with Crippen LogP contribution in [0.2, 0.25) is 0 Å². The molecule has 2 aromatic heterocycles. The van der Waals surface area contributed by atoms with E-state index < -0.39 is 11.0 Å². The van der Waals surface area contributed by atoms with Crippen molar-refractivity contribution in [1.29, 1.82) is 0 Å². The molecule has 1 N–H and O–H groups in total. The predicted octanol–water partition coefficient (Wildman–Crippen LogP) is 4.66. The highest BCUT2D eigenvalue weighted by molar-refractivity contribution is 7.07. The van der Waals surface area contributed by atoms with E-state index in [0.717, 1.165) is 11.1 Å². The molecule has 4 aromatic rings. The lowest BCUT2D eigenvalue weighted by Crippen LogP contribution is -2.40. The molecule has 1 amide bonds. The van der Waals surface area contributed by atoms with Gasteiger partial charge in [-0.25, -0.2) is 4.99 Å². The van der Waals surface area contributed by atoms with Crippen molar-refractivity contribution in [2.45, 2.75) is 26.8 Å². The molecule has 39 heavy (non-hydrogen) atoms. The van der Waals surface area contributed by atoms with E-state index in [2.05, 4.69) is 10.3 Å². The summed E-state index contributed by atoms with van der Waals surface area (Å²) in [5.74, 6) is 0.759. The standard InChI is InChI=1S/C29H24N4O5S/c1-17-7-4-5-9-22(17)31-27(34)25-19(3)30-29-32(26(25)23-16-11-18(2)38-23)28(35)24(39-29)10-6-8-20-12-14-21(15-13-20)33(36)37/h4-16,26H,1-3H3,(H,31,34)/b8-6+,24-10+. The average Bonchev–Trinajstić information content (AvgIpc) is 3.47. The van der Waals surface area contributed by atoms with E-state index >= 15 is 0 Å². The second kappa shape index (κ2) is 10.5. The molecule has 3 heterocycles. The maximum atomic E-state index is 13.6. The number of aryl methyl sites for hydroxylation is 2. The van der Waals surface area contributed by atoms with Gasteiger partial charge in [-0.05, 0) is 68.3 Å². The van der Waals surface area contributed by atoms with Gasteiger partial charge in [-0.15, -0.1) is 0 Å². The zero-order valence-corrected chi connectivity index (χ0v) is 22.2. The van der Waals surface area contributed by atoms with Gasteiger partial charge >= 0.3 is 0 Å². The molecule has 10 heteroatoms. The van der Waals surface area contributed by atoms with Crippen LogP contribution in [0, 0.1) is 24.0 Å². The number of amides is 1. The van der Waals surface area contributed by atoms with Crippen molar-refractivity contribution in [3.05, 3.63) is 130 Å². The number of hydrogen-bond acceptors (Lipinski definition) is 7. The van der Waals surface area contributed by atoms with Crippen LogP contribution < -0.4 is 20.2 Å². The Labute approximate surface area is 226 Å². The van der Waals surface area contributed by atoms with E-state index in [1.54, 1.807) is 56.3 Å². The van der Waals surface area contributed by atoms with E-state index in [9.17, 15) is 19.7 Å². The Balaban J connectivity index is 1.55. The number of nitro benzene ring substituents is 1. The van der Waals surface area contributed by atoms with Gasteiger partial charge in [0.2, 0.25) is 0 Å². The Morgan fingerprint density at radius 1 is 1.10 bits per heavy atom. The van der Waals surface area contributed by atoms with E-state index in [0.29, 0.717) is 37.8 Å². The van der Waals surface area contributed by atoms with Crippen LogP contribution in [-0.4, -0.2) is 15.4 Å². The number of hydrogen-bond donors (Lipinski definition) is 1. The third kappa shape index (κ3) is 5.14. The van der Waals surface area contributed by atoms with Gasteiger partial charge in [-0.1, -0.05) is 41.7 Å². The Bertz CT molecular complexity index is 1840. The molecule has 5 rings (SSSR count). The Kier molecular flexibility index (Phi) is 6.95. The SMILES string of the molecule is CC1=C(C(=O)Nc2ccccc2C)C(c2ccc(C)o2)n2c(s/c(=C/C=C/c3ccc([N+](=O)[O-])cc3)c2=O)=N1. The highest BCUT2D eigenvalue weighted by Gasteiger charge is 2.34. The first-order chi connectivity index (χ1) is 18.7. The number of carbonyl (C=O) groups excluding carboxylic acids is 1. The molecule has 1 aliphatic rings. The average molecular weight is 541 g/mol. The molecule has 0 radical (unpaired) electrons. The fourth-order valence-corrected chi connectivity index (χ4v) is 5.35. The number of aromatic nitrogens is 1. The van der Waals surface area contributed by atoms with Crippen molar-refractivity contribution >= 4 is 40.8 Å². The number of anilines is 1. The first-order valence-electron chi connectivity index (χ1n) is 12.1. The summed E-state index contributed by atoms with van der Waals surface area (Å²) in [5.41, 5.74) is 2.85. The number of nitrogens with one attached hydrogen (secondary N) is 1. The maximum Gasteiger partial charge on any atom is 0.271 e. The van der Waals surface area contributed by atoms with Gasteiger partial charge in [0.15, 0.2) is 4.80 Å². The van der Waals surface area contributed by atoms with Gasteiger partial charge in [0.25, 0.3) is 17.2 Å². The highest BCUT2D eigenvalue weighted by Crippen LogP contribution is 2.32. The molecule has 2 aromatic carbocycles. The number of rotatable bonds is 6. The lowest BCUT2D eigenvalue weighted by Gasteiger charge is -2.23. The summed E-state index contributed by atoms with van der Waals surface area (Å²) >= 11 is 1.21. The summed E-state index contributed by atoms with van der Waals surface area (Å²) in [7, 11) is 0. The number of nitro groups is 1. The van der Waals surface area contributed by atoms with Crippen molar-refractivity contribution in [3.8, 4) is 0 Å². The van der Waals surface area contributed by atoms with Crippen LogP contribution in [0.15, 0.2) is 92.2 Å². The molecule has 0 aliphatic carbocycles. The minimum Gasteiger partial charge on any atom is -0.464 e. The Morgan fingerprint density at radius 3 is 2.51 bits per heavy atom. The summed E-state index contributed by atoms with van der Waals surface area (Å²) in [6, 6.07) is 16.3. The van der Waals surface area contributed by atoms with Crippen LogP contribution in [0.1, 0.15) is 35.6 Å². The van der Waals surface area contributed by atoms with Gasteiger partial charge < -0.3 is 9.73 Å². The third-order valence-electron chi connectivity index (χ3n) is 6.33. The molecule has 196 valence electrons. The van der Waals surface area contributed by atoms with Crippen LogP contribution in [-0.2, 0) is 4.79 Å². The molecule has 1 atom stereocenters. The van der Waals surface area contributed by atoms with Crippen LogP contribution >= 0.6 is 11.3 Å². The van der Waals surface area contributed by atoms with Crippen LogP contribution in [0.25, 0.3) is 12.2 Å². The predicted molar refractivity (Wildman–Crippen MR) is 150 cm³/mol. The minimum absolute atomic E-state index is 0.00579. The number of furan rings is 1. The summed E-state index contributed by atoms with van der Waals surface area (Å²) in [6.45, 7) is 5.46. The Morgan fingerprint density at radius 2 is 1.85 bits per heavy atom. The lowest BCUT2D eigenvalue weighted by atomic mass is 10.00. The molecule has 9 nitrogen and oxygen atoms in total. The topological polar surface area (TPSA) is 120 Å². The molecular weight excluding hydrogens is 516 g/mol. The molecule has 1 unspecified atom stereocenters. The van der Waals surface area contributed by atoms with Gasteiger partial charge in [0, 0.05) is 17.8 Å². The highest BCUT2D eigenvalue weighted by atomic mass is 32.1.